The lowest BCUT2D eigenvalue weighted by Gasteiger charge is -1.97. The van der Waals surface area contributed by atoms with E-state index in [-0.39, 0.29) is 12.4 Å². The SMILES string of the molecule is CCOC(=O)Cc1csc(N=Cc2ccc(COC)o2)n1. The molecule has 21 heavy (non-hydrogen) atoms. The number of aromatic nitrogens is 1. The molecule has 0 aliphatic rings. The summed E-state index contributed by atoms with van der Waals surface area (Å²) in [5.74, 6) is 1.08. The number of carbonyl (C=O) groups excluding carboxylic acids is 1. The number of rotatable bonds is 7. The number of furan rings is 1. The summed E-state index contributed by atoms with van der Waals surface area (Å²) in [6.45, 7) is 2.57. The highest BCUT2D eigenvalue weighted by Crippen LogP contribution is 2.19. The van der Waals surface area contributed by atoms with Gasteiger partial charge in [0.25, 0.3) is 0 Å². The molecule has 0 N–H and O–H groups in total. The van der Waals surface area contributed by atoms with Gasteiger partial charge in [-0.3, -0.25) is 4.79 Å². The molecule has 0 saturated heterocycles. The monoisotopic (exact) mass is 308 g/mol. The maximum atomic E-state index is 11.3. The standard InChI is InChI=1S/C14H16N2O4S/c1-3-19-13(17)6-10-9-21-14(16-10)15-7-11-4-5-12(20-11)8-18-2/h4-5,7,9H,3,6,8H2,1-2H3. The Balaban J connectivity index is 1.94. The zero-order valence-electron chi connectivity index (χ0n) is 11.9. The second-order valence-corrected chi connectivity index (χ2v) is 4.94. The number of thiazole rings is 1. The molecule has 7 heteroatoms. The van der Waals surface area contributed by atoms with Crippen molar-refractivity contribution in [3.05, 3.63) is 34.7 Å². The molecule has 0 spiro atoms. The fourth-order valence-corrected chi connectivity index (χ4v) is 2.26. The molecule has 2 heterocycles. The van der Waals surface area contributed by atoms with Gasteiger partial charge in [0.2, 0.25) is 5.13 Å². The Hall–Kier alpha value is -1.99. The number of esters is 1. The van der Waals surface area contributed by atoms with Gasteiger partial charge >= 0.3 is 5.97 Å². The lowest BCUT2D eigenvalue weighted by molar-refractivity contribution is -0.142. The molecule has 6 nitrogen and oxygen atoms in total. The third kappa shape index (κ3) is 4.80. The fourth-order valence-electron chi connectivity index (χ4n) is 1.60. The average molecular weight is 308 g/mol. The van der Waals surface area contributed by atoms with Gasteiger partial charge in [-0.2, -0.15) is 0 Å². The highest BCUT2D eigenvalue weighted by molar-refractivity contribution is 7.13. The normalized spacial score (nSPS) is 11.1. The van der Waals surface area contributed by atoms with Crippen molar-refractivity contribution in [2.45, 2.75) is 20.0 Å². The van der Waals surface area contributed by atoms with Crippen molar-refractivity contribution in [3.63, 3.8) is 0 Å². The summed E-state index contributed by atoms with van der Waals surface area (Å²) in [5.41, 5.74) is 0.658. The lowest BCUT2D eigenvalue weighted by Crippen LogP contribution is -2.07. The van der Waals surface area contributed by atoms with E-state index >= 15 is 0 Å². The maximum absolute atomic E-state index is 11.3. The van der Waals surface area contributed by atoms with E-state index < -0.39 is 0 Å². The van der Waals surface area contributed by atoms with Crippen LogP contribution in [-0.4, -0.2) is 30.9 Å². The Morgan fingerprint density at radius 1 is 1.52 bits per heavy atom. The summed E-state index contributed by atoms with van der Waals surface area (Å²) < 4.78 is 15.3. The van der Waals surface area contributed by atoms with Crippen molar-refractivity contribution in [2.24, 2.45) is 4.99 Å². The van der Waals surface area contributed by atoms with Crippen molar-refractivity contribution >= 4 is 28.7 Å². The topological polar surface area (TPSA) is 73.9 Å². The largest absolute Gasteiger partial charge is 0.466 e. The van der Waals surface area contributed by atoms with Gasteiger partial charge in [-0.1, -0.05) is 0 Å². The van der Waals surface area contributed by atoms with Crippen LogP contribution in [0.2, 0.25) is 0 Å². The molecule has 0 saturated carbocycles. The Kier molecular flexibility index (Phi) is 5.65. The second-order valence-electron chi connectivity index (χ2n) is 4.10. The van der Waals surface area contributed by atoms with Crippen LogP contribution in [0.4, 0.5) is 5.13 Å². The molecule has 0 atom stereocenters. The van der Waals surface area contributed by atoms with Crippen LogP contribution in [0.5, 0.6) is 0 Å². The van der Waals surface area contributed by atoms with Crippen molar-refractivity contribution in [1.82, 2.24) is 4.98 Å². The Bertz CT molecular complexity index is 618. The molecular formula is C14H16N2O4S. The number of hydrogen-bond donors (Lipinski definition) is 0. The number of carbonyl (C=O) groups is 1. The third-order valence-electron chi connectivity index (χ3n) is 2.44. The van der Waals surface area contributed by atoms with E-state index in [1.807, 2.05) is 12.1 Å². The van der Waals surface area contributed by atoms with Crippen LogP contribution in [0.25, 0.3) is 0 Å². The number of nitrogens with zero attached hydrogens (tertiary/aromatic N) is 2. The third-order valence-corrected chi connectivity index (χ3v) is 3.24. The fraction of sp³-hybridized carbons (Fsp3) is 0.357. The van der Waals surface area contributed by atoms with Crippen LogP contribution in [0, 0.1) is 0 Å². The smallest absolute Gasteiger partial charge is 0.311 e. The number of hydrogen-bond acceptors (Lipinski definition) is 7. The van der Waals surface area contributed by atoms with Gasteiger partial charge in [-0.25, -0.2) is 9.98 Å². The minimum atomic E-state index is -0.284. The molecule has 0 aliphatic carbocycles. The van der Waals surface area contributed by atoms with Gasteiger partial charge in [-0.15, -0.1) is 11.3 Å². The molecule has 2 aromatic heterocycles. The van der Waals surface area contributed by atoms with E-state index in [2.05, 4.69) is 9.98 Å². The minimum absolute atomic E-state index is 0.165. The number of aliphatic imine (C=N–C) groups is 1. The van der Waals surface area contributed by atoms with Crippen molar-refractivity contribution in [3.8, 4) is 0 Å². The molecule has 0 amide bonds. The molecule has 0 bridgehead atoms. The first-order chi connectivity index (χ1) is 10.2. The first-order valence-corrected chi connectivity index (χ1v) is 7.31. The first kappa shape index (κ1) is 15.4. The van der Waals surface area contributed by atoms with Crippen molar-refractivity contribution < 1.29 is 18.7 Å². The van der Waals surface area contributed by atoms with Crippen LogP contribution < -0.4 is 0 Å². The predicted octanol–water partition coefficient (Wildman–Crippen LogP) is 2.74. The Morgan fingerprint density at radius 2 is 2.38 bits per heavy atom. The Morgan fingerprint density at radius 3 is 3.14 bits per heavy atom. The summed E-state index contributed by atoms with van der Waals surface area (Å²) in [7, 11) is 1.61. The summed E-state index contributed by atoms with van der Waals surface area (Å²) in [6, 6.07) is 3.64. The van der Waals surface area contributed by atoms with Gasteiger partial charge < -0.3 is 13.9 Å². The van der Waals surface area contributed by atoms with Crippen molar-refractivity contribution in [1.29, 1.82) is 0 Å². The van der Waals surface area contributed by atoms with E-state index in [0.29, 0.717) is 29.8 Å². The van der Waals surface area contributed by atoms with E-state index in [0.717, 1.165) is 5.76 Å². The average Bonchev–Trinajstić information content (AvgIpc) is 3.07. The molecule has 0 fully saturated rings. The zero-order valence-corrected chi connectivity index (χ0v) is 12.7. The minimum Gasteiger partial charge on any atom is -0.466 e. The van der Waals surface area contributed by atoms with Crippen LogP contribution in [0.1, 0.15) is 24.1 Å². The van der Waals surface area contributed by atoms with Crippen molar-refractivity contribution in [2.75, 3.05) is 13.7 Å². The highest BCUT2D eigenvalue weighted by atomic mass is 32.1. The zero-order chi connectivity index (χ0) is 15.1. The molecule has 0 aromatic carbocycles. The van der Waals surface area contributed by atoms with Crippen LogP contribution in [0.15, 0.2) is 26.9 Å². The second kappa shape index (κ2) is 7.70. The van der Waals surface area contributed by atoms with E-state index in [1.54, 1.807) is 25.6 Å². The van der Waals surface area contributed by atoms with E-state index in [1.165, 1.54) is 11.3 Å². The van der Waals surface area contributed by atoms with E-state index in [4.69, 9.17) is 13.9 Å². The molecule has 0 unspecified atom stereocenters. The lowest BCUT2D eigenvalue weighted by atomic mass is 10.3. The van der Waals surface area contributed by atoms with Gasteiger partial charge in [0.15, 0.2) is 0 Å². The highest BCUT2D eigenvalue weighted by Gasteiger charge is 2.07. The van der Waals surface area contributed by atoms with Gasteiger partial charge in [0.05, 0.1) is 24.9 Å². The molecule has 2 rings (SSSR count). The predicted molar refractivity (Wildman–Crippen MR) is 79.1 cm³/mol. The van der Waals surface area contributed by atoms with Crippen LogP contribution in [0.3, 0.4) is 0 Å². The molecule has 112 valence electrons. The summed E-state index contributed by atoms with van der Waals surface area (Å²) in [5, 5.41) is 2.36. The quantitative estimate of drug-likeness (QED) is 0.581. The Labute approximate surface area is 126 Å². The maximum Gasteiger partial charge on any atom is 0.311 e. The molecular weight excluding hydrogens is 292 g/mol. The molecule has 0 radical (unpaired) electrons. The van der Waals surface area contributed by atoms with Gasteiger partial charge in [0.1, 0.15) is 18.1 Å². The number of ether oxygens (including phenoxy) is 2. The van der Waals surface area contributed by atoms with E-state index in [9.17, 15) is 4.79 Å². The molecule has 2 aromatic rings. The van der Waals surface area contributed by atoms with Gasteiger partial charge in [-0.05, 0) is 19.1 Å². The first-order valence-electron chi connectivity index (χ1n) is 6.43. The molecule has 0 aliphatic heterocycles. The van der Waals surface area contributed by atoms with Crippen LogP contribution >= 0.6 is 11.3 Å². The van der Waals surface area contributed by atoms with Gasteiger partial charge in [0, 0.05) is 12.5 Å². The number of methoxy groups -OCH3 is 1. The summed E-state index contributed by atoms with van der Waals surface area (Å²) in [4.78, 5) is 19.8. The summed E-state index contributed by atoms with van der Waals surface area (Å²) >= 11 is 1.36. The summed E-state index contributed by atoms with van der Waals surface area (Å²) in [6.07, 6.45) is 1.75. The van der Waals surface area contributed by atoms with Crippen LogP contribution in [-0.2, 0) is 27.3 Å².